The molecule has 2 aliphatic carbocycles. The molecule has 0 fully saturated rings. The van der Waals surface area contributed by atoms with E-state index in [0.29, 0.717) is 0 Å². The number of hydrogen-bond donors (Lipinski definition) is 0. The van der Waals surface area contributed by atoms with E-state index in [9.17, 15) is 0 Å². The Balaban J connectivity index is 1.76. The molecule has 0 aliphatic heterocycles. The topological polar surface area (TPSA) is 0 Å². The van der Waals surface area contributed by atoms with Gasteiger partial charge in [-0.15, -0.1) is 0 Å². The van der Waals surface area contributed by atoms with Gasteiger partial charge in [-0.3, -0.25) is 0 Å². The molecule has 0 spiro atoms. The highest BCUT2D eigenvalue weighted by Crippen LogP contribution is 2.30. The summed E-state index contributed by atoms with van der Waals surface area (Å²) >= 11 is 0. The zero-order valence-corrected chi connectivity index (χ0v) is 8.41. The third-order valence-corrected chi connectivity index (χ3v) is 3.42. The second kappa shape index (κ2) is 4.64. The van der Waals surface area contributed by atoms with Gasteiger partial charge in [-0.05, 0) is 56.8 Å². The van der Waals surface area contributed by atoms with Crippen LogP contribution in [0, 0.1) is 11.8 Å². The van der Waals surface area contributed by atoms with Crippen LogP contribution in [0.5, 0.6) is 0 Å². The van der Waals surface area contributed by atoms with E-state index in [4.69, 9.17) is 0 Å². The zero-order valence-electron chi connectivity index (χ0n) is 8.41. The first-order valence-electron chi connectivity index (χ1n) is 5.75. The first-order valence-corrected chi connectivity index (χ1v) is 5.75. The van der Waals surface area contributed by atoms with Crippen LogP contribution in [0.4, 0.5) is 0 Å². The molecule has 13 heavy (non-hydrogen) atoms. The third kappa shape index (κ3) is 2.72. The molecular weight excluding hydrogens is 156 g/mol. The summed E-state index contributed by atoms with van der Waals surface area (Å²) in [5.74, 6) is 2.00. The lowest BCUT2D eigenvalue weighted by Gasteiger charge is -2.24. The summed E-state index contributed by atoms with van der Waals surface area (Å²) in [5, 5.41) is 0. The standard InChI is InChI=1S/C13H20/c1-3-7-12(8-4-1)11-13-9-5-2-6-10-13/h1-3,5,12-13H,4,6-11H2. The summed E-state index contributed by atoms with van der Waals surface area (Å²) < 4.78 is 0. The van der Waals surface area contributed by atoms with Crippen molar-refractivity contribution in [1.29, 1.82) is 0 Å². The van der Waals surface area contributed by atoms with Crippen molar-refractivity contribution in [2.75, 3.05) is 0 Å². The Morgan fingerprint density at radius 2 is 1.31 bits per heavy atom. The van der Waals surface area contributed by atoms with Gasteiger partial charge in [0.05, 0.1) is 0 Å². The van der Waals surface area contributed by atoms with Crippen molar-refractivity contribution in [2.24, 2.45) is 11.8 Å². The molecule has 2 unspecified atom stereocenters. The van der Waals surface area contributed by atoms with Crippen molar-refractivity contribution in [2.45, 2.75) is 44.9 Å². The minimum Gasteiger partial charge on any atom is -0.0885 e. The molecule has 0 radical (unpaired) electrons. The van der Waals surface area contributed by atoms with Gasteiger partial charge in [-0.2, -0.15) is 0 Å². The predicted molar refractivity (Wildman–Crippen MR) is 57.6 cm³/mol. The molecule has 72 valence electrons. The molecule has 2 atom stereocenters. The maximum atomic E-state index is 2.38. The Bertz CT molecular complexity index is 178. The molecule has 0 heteroatoms. The molecule has 2 rings (SSSR count). The van der Waals surface area contributed by atoms with Crippen LogP contribution >= 0.6 is 0 Å². The molecular formula is C13H20. The van der Waals surface area contributed by atoms with E-state index in [-0.39, 0.29) is 0 Å². The number of rotatable bonds is 2. The average Bonchev–Trinajstić information content (AvgIpc) is 2.21. The van der Waals surface area contributed by atoms with Crippen molar-refractivity contribution in [3.8, 4) is 0 Å². The molecule has 0 heterocycles. The van der Waals surface area contributed by atoms with Crippen LogP contribution in [0.2, 0.25) is 0 Å². The number of hydrogen-bond acceptors (Lipinski definition) is 0. The zero-order chi connectivity index (χ0) is 8.93. The Morgan fingerprint density at radius 3 is 1.69 bits per heavy atom. The van der Waals surface area contributed by atoms with Crippen LogP contribution in [-0.4, -0.2) is 0 Å². The Kier molecular flexibility index (Phi) is 3.23. The van der Waals surface area contributed by atoms with Crippen LogP contribution in [0.15, 0.2) is 24.3 Å². The average molecular weight is 176 g/mol. The fourth-order valence-corrected chi connectivity index (χ4v) is 2.61. The van der Waals surface area contributed by atoms with E-state index < -0.39 is 0 Å². The minimum absolute atomic E-state index is 1.00. The molecule has 0 nitrogen and oxygen atoms in total. The number of allylic oxidation sites excluding steroid dienone is 4. The molecule has 0 saturated carbocycles. The van der Waals surface area contributed by atoms with E-state index >= 15 is 0 Å². The quantitative estimate of drug-likeness (QED) is 0.556. The highest BCUT2D eigenvalue weighted by Gasteiger charge is 2.16. The summed E-state index contributed by atoms with van der Waals surface area (Å²) in [6, 6.07) is 0. The first-order chi connectivity index (χ1) is 6.45. The van der Waals surface area contributed by atoms with E-state index in [0.717, 1.165) is 11.8 Å². The largest absolute Gasteiger partial charge is 0.0885 e. The highest BCUT2D eigenvalue weighted by molar-refractivity contribution is 4.94. The maximum Gasteiger partial charge on any atom is -0.0322 e. The molecule has 0 aromatic heterocycles. The maximum absolute atomic E-state index is 2.38. The van der Waals surface area contributed by atoms with Gasteiger partial charge in [0.1, 0.15) is 0 Å². The highest BCUT2D eigenvalue weighted by atomic mass is 14.2. The van der Waals surface area contributed by atoms with Gasteiger partial charge in [-0.25, -0.2) is 0 Å². The van der Waals surface area contributed by atoms with Crippen LogP contribution < -0.4 is 0 Å². The van der Waals surface area contributed by atoms with Crippen molar-refractivity contribution >= 4 is 0 Å². The Labute approximate surface area is 81.7 Å². The summed E-state index contributed by atoms with van der Waals surface area (Å²) in [6.07, 6.45) is 19.2. The van der Waals surface area contributed by atoms with Gasteiger partial charge in [0, 0.05) is 0 Å². The third-order valence-electron chi connectivity index (χ3n) is 3.42. The molecule has 0 aromatic rings. The van der Waals surface area contributed by atoms with Gasteiger partial charge >= 0.3 is 0 Å². The normalized spacial score (nSPS) is 33.5. The SMILES string of the molecule is C1=CCC(CC2CC=CCC2)CC1. The second-order valence-electron chi connectivity index (χ2n) is 4.54. The summed E-state index contributed by atoms with van der Waals surface area (Å²) in [7, 11) is 0. The van der Waals surface area contributed by atoms with Crippen LogP contribution in [0.3, 0.4) is 0 Å². The van der Waals surface area contributed by atoms with Gasteiger partial charge in [0.2, 0.25) is 0 Å². The fourth-order valence-electron chi connectivity index (χ4n) is 2.61. The van der Waals surface area contributed by atoms with Gasteiger partial charge in [-0.1, -0.05) is 24.3 Å². The first kappa shape index (κ1) is 9.05. The van der Waals surface area contributed by atoms with Crippen LogP contribution in [0.25, 0.3) is 0 Å². The van der Waals surface area contributed by atoms with E-state index in [2.05, 4.69) is 24.3 Å². The summed E-state index contributed by atoms with van der Waals surface area (Å²) in [5.41, 5.74) is 0. The lowest BCUT2D eigenvalue weighted by molar-refractivity contribution is 0.331. The second-order valence-corrected chi connectivity index (χ2v) is 4.54. The minimum atomic E-state index is 1.00. The van der Waals surface area contributed by atoms with E-state index in [1.807, 2.05) is 0 Å². The van der Waals surface area contributed by atoms with Crippen LogP contribution in [0.1, 0.15) is 44.9 Å². The summed E-state index contributed by atoms with van der Waals surface area (Å²) in [4.78, 5) is 0. The monoisotopic (exact) mass is 176 g/mol. The van der Waals surface area contributed by atoms with Crippen molar-refractivity contribution in [1.82, 2.24) is 0 Å². The Hall–Kier alpha value is -0.520. The molecule has 0 N–H and O–H groups in total. The van der Waals surface area contributed by atoms with Gasteiger partial charge in [0.25, 0.3) is 0 Å². The summed E-state index contributed by atoms with van der Waals surface area (Å²) in [6.45, 7) is 0. The predicted octanol–water partition coefficient (Wildman–Crippen LogP) is 4.09. The van der Waals surface area contributed by atoms with Crippen molar-refractivity contribution < 1.29 is 0 Å². The molecule has 2 aliphatic rings. The molecule has 0 bridgehead atoms. The lowest BCUT2D eigenvalue weighted by atomic mass is 9.81. The molecule has 0 amide bonds. The van der Waals surface area contributed by atoms with Crippen LogP contribution in [-0.2, 0) is 0 Å². The van der Waals surface area contributed by atoms with Gasteiger partial charge < -0.3 is 0 Å². The van der Waals surface area contributed by atoms with E-state index in [1.165, 1.54) is 44.9 Å². The van der Waals surface area contributed by atoms with Crippen molar-refractivity contribution in [3.63, 3.8) is 0 Å². The van der Waals surface area contributed by atoms with Gasteiger partial charge in [0.15, 0.2) is 0 Å². The lowest BCUT2D eigenvalue weighted by Crippen LogP contribution is -2.11. The molecule has 0 aromatic carbocycles. The molecule has 0 saturated heterocycles. The Morgan fingerprint density at radius 1 is 0.769 bits per heavy atom. The van der Waals surface area contributed by atoms with Crippen molar-refractivity contribution in [3.05, 3.63) is 24.3 Å². The smallest absolute Gasteiger partial charge is 0.0322 e. The van der Waals surface area contributed by atoms with E-state index in [1.54, 1.807) is 0 Å². The fraction of sp³-hybridized carbons (Fsp3) is 0.692.